The van der Waals surface area contributed by atoms with Gasteiger partial charge in [-0.2, -0.15) is 13.2 Å². The standard InChI is InChI=1S/C15H17F3O2/c16-15(17,18)14(12-4-2-1-3-5-12)10-13(11-20-14)6-8-19-9-7-13/h1-5H,6-11H2. The number of halogens is 3. The molecule has 1 aromatic carbocycles. The van der Waals surface area contributed by atoms with Gasteiger partial charge in [-0.25, -0.2) is 0 Å². The minimum absolute atomic E-state index is 0.00310. The van der Waals surface area contributed by atoms with E-state index < -0.39 is 17.2 Å². The van der Waals surface area contributed by atoms with Crippen molar-refractivity contribution in [3.05, 3.63) is 35.9 Å². The van der Waals surface area contributed by atoms with E-state index in [0.717, 1.165) is 0 Å². The topological polar surface area (TPSA) is 18.5 Å². The molecular formula is C15H17F3O2. The van der Waals surface area contributed by atoms with Crippen LogP contribution in [0.2, 0.25) is 0 Å². The molecular weight excluding hydrogens is 269 g/mol. The molecule has 3 rings (SSSR count). The van der Waals surface area contributed by atoms with E-state index in [4.69, 9.17) is 9.47 Å². The van der Waals surface area contributed by atoms with Gasteiger partial charge in [0.15, 0.2) is 5.60 Å². The summed E-state index contributed by atoms with van der Waals surface area (Å²) in [5.41, 5.74) is -2.36. The van der Waals surface area contributed by atoms with Crippen LogP contribution in [0.5, 0.6) is 0 Å². The fourth-order valence-corrected chi connectivity index (χ4v) is 3.27. The van der Waals surface area contributed by atoms with Crippen molar-refractivity contribution in [3.8, 4) is 0 Å². The molecule has 2 aliphatic heterocycles. The van der Waals surface area contributed by atoms with Gasteiger partial charge in [-0.1, -0.05) is 30.3 Å². The summed E-state index contributed by atoms with van der Waals surface area (Å²) < 4.78 is 51.7. The van der Waals surface area contributed by atoms with Gasteiger partial charge >= 0.3 is 6.18 Å². The molecule has 110 valence electrons. The van der Waals surface area contributed by atoms with Gasteiger partial charge in [0, 0.05) is 18.6 Å². The summed E-state index contributed by atoms with van der Waals surface area (Å²) in [6.45, 7) is 1.20. The SMILES string of the molecule is FC(F)(F)C1(c2ccccc2)CC2(CCOCC2)CO1. The quantitative estimate of drug-likeness (QED) is 0.784. The second-order valence-corrected chi connectivity index (χ2v) is 5.77. The summed E-state index contributed by atoms with van der Waals surface area (Å²) in [4.78, 5) is 0. The fourth-order valence-electron chi connectivity index (χ4n) is 3.27. The normalized spacial score (nSPS) is 29.8. The van der Waals surface area contributed by atoms with Crippen LogP contribution in [0.4, 0.5) is 13.2 Å². The van der Waals surface area contributed by atoms with E-state index in [1.54, 1.807) is 18.2 Å². The van der Waals surface area contributed by atoms with Crippen molar-refractivity contribution in [2.45, 2.75) is 31.0 Å². The predicted molar refractivity (Wildman–Crippen MR) is 67.2 cm³/mol. The Morgan fingerprint density at radius 2 is 1.65 bits per heavy atom. The Labute approximate surface area is 115 Å². The smallest absolute Gasteiger partial charge is 0.381 e. The van der Waals surface area contributed by atoms with Crippen molar-refractivity contribution in [2.24, 2.45) is 5.41 Å². The first kappa shape index (κ1) is 13.9. The molecule has 0 radical (unpaired) electrons. The monoisotopic (exact) mass is 286 g/mol. The molecule has 5 heteroatoms. The lowest BCUT2D eigenvalue weighted by molar-refractivity contribution is -0.269. The van der Waals surface area contributed by atoms with E-state index in [9.17, 15) is 13.2 Å². The highest BCUT2D eigenvalue weighted by molar-refractivity contribution is 5.27. The summed E-state index contributed by atoms with van der Waals surface area (Å²) in [5.74, 6) is 0. The van der Waals surface area contributed by atoms with Crippen molar-refractivity contribution >= 4 is 0 Å². The number of benzene rings is 1. The van der Waals surface area contributed by atoms with E-state index in [2.05, 4.69) is 0 Å². The summed E-state index contributed by atoms with van der Waals surface area (Å²) >= 11 is 0. The Balaban J connectivity index is 1.98. The molecule has 1 aromatic rings. The highest BCUT2D eigenvalue weighted by Crippen LogP contribution is 2.57. The average molecular weight is 286 g/mol. The molecule has 0 saturated carbocycles. The molecule has 1 unspecified atom stereocenters. The van der Waals surface area contributed by atoms with Gasteiger partial charge in [0.25, 0.3) is 0 Å². The van der Waals surface area contributed by atoms with Crippen LogP contribution in [0, 0.1) is 5.41 Å². The van der Waals surface area contributed by atoms with E-state index >= 15 is 0 Å². The van der Waals surface area contributed by atoms with Gasteiger partial charge in [0.2, 0.25) is 0 Å². The zero-order valence-electron chi connectivity index (χ0n) is 11.1. The van der Waals surface area contributed by atoms with Crippen molar-refractivity contribution in [3.63, 3.8) is 0 Å². The summed E-state index contributed by atoms with van der Waals surface area (Å²) in [5, 5.41) is 0. The molecule has 2 heterocycles. The number of alkyl halides is 3. The van der Waals surface area contributed by atoms with E-state index in [0.29, 0.717) is 26.1 Å². The average Bonchev–Trinajstić information content (AvgIpc) is 2.81. The van der Waals surface area contributed by atoms with Crippen LogP contribution in [0.3, 0.4) is 0 Å². The minimum Gasteiger partial charge on any atom is -0.381 e. The molecule has 20 heavy (non-hydrogen) atoms. The molecule has 2 nitrogen and oxygen atoms in total. The third-order valence-corrected chi connectivity index (χ3v) is 4.50. The molecule has 0 amide bonds. The van der Waals surface area contributed by atoms with Gasteiger partial charge in [0.05, 0.1) is 6.61 Å². The second-order valence-electron chi connectivity index (χ2n) is 5.77. The molecule has 2 aliphatic rings. The molecule has 1 spiro atoms. The number of hydrogen-bond acceptors (Lipinski definition) is 2. The highest BCUT2D eigenvalue weighted by Gasteiger charge is 2.64. The fraction of sp³-hybridized carbons (Fsp3) is 0.600. The van der Waals surface area contributed by atoms with Gasteiger partial charge in [-0.3, -0.25) is 0 Å². The molecule has 0 N–H and O–H groups in total. The summed E-state index contributed by atoms with van der Waals surface area (Å²) in [6, 6.07) is 7.98. The maximum absolute atomic E-state index is 13.7. The Hall–Kier alpha value is -1.07. The number of ether oxygens (including phenoxy) is 2. The lowest BCUT2D eigenvalue weighted by atomic mass is 9.73. The first-order valence-corrected chi connectivity index (χ1v) is 6.82. The zero-order valence-corrected chi connectivity index (χ0v) is 11.1. The van der Waals surface area contributed by atoms with Crippen LogP contribution in [-0.4, -0.2) is 26.0 Å². The summed E-state index contributed by atoms with van der Waals surface area (Å²) in [6.07, 6.45) is -3.14. The number of hydrogen-bond donors (Lipinski definition) is 0. The van der Waals surface area contributed by atoms with Crippen LogP contribution in [0.1, 0.15) is 24.8 Å². The Morgan fingerprint density at radius 1 is 1.00 bits per heavy atom. The Kier molecular flexibility index (Phi) is 3.29. The minimum atomic E-state index is -4.41. The third-order valence-electron chi connectivity index (χ3n) is 4.50. The van der Waals surface area contributed by atoms with Crippen LogP contribution in [0.25, 0.3) is 0 Å². The highest BCUT2D eigenvalue weighted by atomic mass is 19.4. The lowest BCUT2D eigenvalue weighted by Crippen LogP contribution is -2.43. The third kappa shape index (κ3) is 2.13. The first-order chi connectivity index (χ1) is 9.48. The maximum atomic E-state index is 13.7. The van der Waals surface area contributed by atoms with Crippen molar-refractivity contribution in [2.75, 3.05) is 19.8 Å². The summed E-state index contributed by atoms with van der Waals surface area (Å²) in [7, 11) is 0. The Morgan fingerprint density at radius 3 is 2.25 bits per heavy atom. The molecule has 0 bridgehead atoms. The van der Waals surface area contributed by atoms with Gasteiger partial charge < -0.3 is 9.47 Å². The molecule has 1 atom stereocenters. The van der Waals surface area contributed by atoms with Crippen LogP contribution in [-0.2, 0) is 15.1 Å². The van der Waals surface area contributed by atoms with Gasteiger partial charge in [-0.05, 0) is 24.8 Å². The number of rotatable bonds is 1. The molecule has 2 fully saturated rings. The largest absolute Gasteiger partial charge is 0.421 e. The molecule has 0 aliphatic carbocycles. The Bertz CT molecular complexity index is 466. The second kappa shape index (κ2) is 4.74. The van der Waals surface area contributed by atoms with Crippen LogP contribution in [0.15, 0.2) is 30.3 Å². The lowest BCUT2D eigenvalue weighted by Gasteiger charge is -2.35. The van der Waals surface area contributed by atoms with E-state index in [1.165, 1.54) is 12.1 Å². The van der Waals surface area contributed by atoms with Crippen molar-refractivity contribution in [1.82, 2.24) is 0 Å². The predicted octanol–water partition coefficient (Wildman–Crippen LogP) is 3.66. The maximum Gasteiger partial charge on any atom is 0.421 e. The van der Waals surface area contributed by atoms with Crippen molar-refractivity contribution < 1.29 is 22.6 Å². The molecule has 0 aromatic heterocycles. The van der Waals surface area contributed by atoms with Crippen molar-refractivity contribution in [1.29, 1.82) is 0 Å². The first-order valence-electron chi connectivity index (χ1n) is 6.82. The van der Waals surface area contributed by atoms with E-state index in [-0.39, 0.29) is 18.6 Å². The van der Waals surface area contributed by atoms with Crippen LogP contribution >= 0.6 is 0 Å². The van der Waals surface area contributed by atoms with Crippen LogP contribution < -0.4 is 0 Å². The zero-order chi connectivity index (χ0) is 14.3. The molecule has 2 saturated heterocycles. The van der Waals surface area contributed by atoms with Gasteiger partial charge in [-0.15, -0.1) is 0 Å². The van der Waals surface area contributed by atoms with Gasteiger partial charge in [0.1, 0.15) is 0 Å². The van der Waals surface area contributed by atoms with E-state index in [1.807, 2.05) is 0 Å².